The lowest BCUT2D eigenvalue weighted by atomic mass is 9.92. The Hall–Kier alpha value is -2.41. The molecule has 2 fully saturated rings. The molecule has 1 aliphatic carbocycles. The number of halogens is 2. The summed E-state index contributed by atoms with van der Waals surface area (Å²) in [4.78, 5) is 41.3. The number of nitrogens with zero attached hydrogens (tertiary/aromatic N) is 2. The number of likely N-dealkylation sites (tertiary alicyclic amines) is 1. The van der Waals surface area contributed by atoms with Gasteiger partial charge in [0.2, 0.25) is 0 Å². The number of rotatable bonds is 6. The van der Waals surface area contributed by atoms with Gasteiger partial charge in [0.15, 0.2) is 5.78 Å². The fourth-order valence-electron chi connectivity index (χ4n) is 5.80. The molecule has 37 heavy (non-hydrogen) atoms. The molecule has 2 aliphatic heterocycles. The van der Waals surface area contributed by atoms with Crippen LogP contribution in [0.3, 0.4) is 0 Å². The normalized spacial score (nSPS) is 23.8. The van der Waals surface area contributed by atoms with Gasteiger partial charge in [-0.2, -0.15) is 0 Å². The molecule has 0 bridgehead atoms. The minimum Gasteiger partial charge on any atom is -0.489 e. The van der Waals surface area contributed by atoms with E-state index >= 15 is 0 Å². The number of amides is 1. The summed E-state index contributed by atoms with van der Waals surface area (Å²) >= 11 is 0. The molecule has 0 spiro atoms. The van der Waals surface area contributed by atoms with Crippen LogP contribution in [-0.2, 0) is 29.3 Å². The highest BCUT2D eigenvalue weighted by Crippen LogP contribution is 2.34. The van der Waals surface area contributed by atoms with Crippen LogP contribution in [0.2, 0.25) is 0 Å². The van der Waals surface area contributed by atoms with E-state index in [1.807, 2.05) is 12.1 Å². The van der Waals surface area contributed by atoms with E-state index < -0.39 is 6.04 Å². The van der Waals surface area contributed by atoms with Gasteiger partial charge in [-0.3, -0.25) is 19.3 Å². The third-order valence-electron chi connectivity index (χ3n) is 7.93. The zero-order chi connectivity index (χ0) is 24.5. The Morgan fingerprint density at radius 3 is 2.24 bits per heavy atom. The number of ether oxygens (including phenoxy) is 1. The van der Waals surface area contributed by atoms with Crippen LogP contribution >= 0.6 is 24.8 Å². The Balaban J connectivity index is 0.00000190. The summed E-state index contributed by atoms with van der Waals surface area (Å²) in [6, 6.07) is 14.8. The molecular weight excluding hydrogens is 511 g/mol. The van der Waals surface area contributed by atoms with E-state index in [1.165, 1.54) is 24.8 Å². The minimum atomic E-state index is -0.515. The van der Waals surface area contributed by atoms with Crippen LogP contribution in [0.1, 0.15) is 79.4 Å². The van der Waals surface area contributed by atoms with Crippen molar-refractivity contribution in [1.29, 1.82) is 0 Å². The van der Waals surface area contributed by atoms with Gasteiger partial charge in [-0.1, -0.05) is 36.8 Å². The van der Waals surface area contributed by atoms with Crippen molar-refractivity contribution >= 4 is 42.3 Å². The van der Waals surface area contributed by atoms with E-state index in [0.717, 1.165) is 17.7 Å². The highest BCUT2D eigenvalue weighted by atomic mass is 35.5. The van der Waals surface area contributed by atoms with E-state index in [-0.39, 0.29) is 48.7 Å². The van der Waals surface area contributed by atoms with Crippen LogP contribution in [0.25, 0.3) is 0 Å². The number of hydrogen-bond donors (Lipinski definition) is 0. The maximum Gasteiger partial charge on any atom is 0.255 e. The first-order valence-corrected chi connectivity index (χ1v) is 12.8. The zero-order valence-electron chi connectivity index (χ0n) is 21.5. The Bertz CT molecular complexity index is 1130. The number of hydrogen-bond acceptors (Lipinski definition) is 5. The molecule has 1 saturated carbocycles. The molecule has 1 amide bonds. The van der Waals surface area contributed by atoms with Crippen molar-refractivity contribution in [2.45, 2.75) is 90.2 Å². The average Bonchev–Trinajstić information content (AvgIpc) is 3.18. The molecule has 0 N–H and O–H groups in total. The topological polar surface area (TPSA) is 66.9 Å². The van der Waals surface area contributed by atoms with Crippen molar-refractivity contribution < 1.29 is 19.1 Å². The second-order valence-corrected chi connectivity index (χ2v) is 10.4. The van der Waals surface area contributed by atoms with E-state index in [2.05, 4.69) is 43.0 Å². The fourth-order valence-corrected chi connectivity index (χ4v) is 5.80. The molecule has 3 atom stereocenters. The predicted molar refractivity (Wildman–Crippen MR) is 148 cm³/mol. The summed E-state index contributed by atoms with van der Waals surface area (Å²) < 4.78 is 6.16. The molecule has 6 nitrogen and oxygen atoms in total. The van der Waals surface area contributed by atoms with Gasteiger partial charge in [0.25, 0.3) is 5.91 Å². The van der Waals surface area contributed by atoms with Gasteiger partial charge in [0.1, 0.15) is 18.1 Å². The van der Waals surface area contributed by atoms with E-state index in [4.69, 9.17) is 4.74 Å². The zero-order valence-corrected chi connectivity index (χ0v) is 23.1. The van der Waals surface area contributed by atoms with Gasteiger partial charge >= 0.3 is 0 Å². The lowest BCUT2D eigenvalue weighted by molar-refractivity contribution is -0.133. The number of carbonyl (C=O) groups is 3. The highest BCUT2D eigenvalue weighted by molar-refractivity contribution is 6.07. The molecule has 8 heteroatoms. The molecule has 0 radical (unpaired) electrons. The first kappa shape index (κ1) is 29.2. The van der Waals surface area contributed by atoms with Gasteiger partial charge in [0, 0.05) is 36.2 Å². The molecule has 1 unspecified atom stereocenters. The smallest absolute Gasteiger partial charge is 0.255 e. The van der Waals surface area contributed by atoms with Crippen LogP contribution in [0.5, 0.6) is 5.75 Å². The second kappa shape index (κ2) is 12.4. The van der Waals surface area contributed by atoms with Crippen molar-refractivity contribution in [2.24, 2.45) is 0 Å². The number of ketones is 2. The first-order chi connectivity index (χ1) is 16.9. The lowest BCUT2D eigenvalue weighted by Crippen LogP contribution is -2.44. The van der Waals surface area contributed by atoms with Gasteiger partial charge in [-0.05, 0) is 56.4 Å². The molecule has 5 rings (SSSR count). The third kappa shape index (κ3) is 6.19. The maximum atomic E-state index is 13.0. The van der Waals surface area contributed by atoms with Gasteiger partial charge < -0.3 is 9.64 Å². The SMILES string of the molecule is C[C@@H]1CCC[C@H](C)N1Cc1ccc(COc2cccc3c2CN(C2CCC(=O)CC2=O)C3=O)cc1.Cl.Cl. The van der Waals surface area contributed by atoms with E-state index in [1.54, 1.807) is 11.0 Å². The Kier molecular flexibility index (Phi) is 9.79. The summed E-state index contributed by atoms with van der Waals surface area (Å²) in [5.41, 5.74) is 3.80. The quantitative estimate of drug-likeness (QED) is 0.446. The van der Waals surface area contributed by atoms with Crippen LogP contribution in [0.15, 0.2) is 42.5 Å². The standard InChI is InChI=1S/C29H34N2O4.2ClH/c1-19-5-3-6-20(2)30(19)16-21-9-11-22(12-10-21)18-35-28-8-4-7-24-25(28)17-31(29(24)34)26-14-13-23(32)15-27(26)33;;/h4,7-12,19-20,26H,3,5-6,13-18H2,1-2H3;2*1H/t19-,20+,26?;;. The number of Topliss-reactive ketones (excluding diaryl/α,β-unsaturated/α-hetero) is 2. The van der Waals surface area contributed by atoms with Crippen molar-refractivity contribution in [1.82, 2.24) is 9.80 Å². The lowest BCUT2D eigenvalue weighted by Gasteiger charge is -2.39. The highest BCUT2D eigenvalue weighted by Gasteiger charge is 2.40. The van der Waals surface area contributed by atoms with Gasteiger partial charge in [-0.25, -0.2) is 0 Å². The first-order valence-electron chi connectivity index (χ1n) is 12.8. The molecule has 2 aromatic carbocycles. The monoisotopic (exact) mass is 546 g/mol. The van der Waals surface area contributed by atoms with Gasteiger partial charge in [0.05, 0.1) is 19.0 Å². The summed E-state index contributed by atoms with van der Waals surface area (Å²) in [6.07, 6.45) is 4.55. The summed E-state index contributed by atoms with van der Waals surface area (Å²) in [5.74, 6) is 0.338. The van der Waals surface area contributed by atoms with Crippen molar-refractivity contribution in [3.05, 3.63) is 64.7 Å². The van der Waals surface area contributed by atoms with E-state index in [0.29, 0.717) is 49.4 Å². The Morgan fingerprint density at radius 1 is 0.892 bits per heavy atom. The summed E-state index contributed by atoms with van der Waals surface area (Å²) in [6.45, 7) is 6.38. The molecular formula is C29H36Cl2N2O4. The van der Waals surface area contributed by atoms with Crippen LogP contribution < -0.4 is 4.74 Å². The number of carbonyl (C=O) groups excluding carboxylic acids is 3. The maximum absolute atomic E-state index is 13.0. The summed E-state index contributed by atoms with van der Waals surface area (Å²) in [5, 5.41) is 0. The summed E-state index contributed by atoms with van der Waals surface area (Å²) in [7, 11) is 0. The molecule has 0 aromatic heterocycles. The average molecular weight is 548 g/mol. The van der Waals surface area contributed by atoms with Crippen molar-refractivity contribution in [2.75, 3.05) is 0 Å². The largest absolute Gasteiger partial charge is 0.489 e. The van der Waals surface area contributed by atoms with Gasteiger partial charge in [-0.15, -0.1) is 24.8 Å². The molecule has 1 saturated heterocycles. The van der Waals surface area contributed by atoms with Crippen LogP contribution in [0.4, 0.5) is 0 Å². The predicted octanol–water partition coefficient (Wildman–Crippen LogP) is 5.52. The Morgan fingerprint density at radius 2 is 1.57 bits per heavy atom. The third-order valence-corrected chi connectivity index (χ3v) is 7.93. The van der Waals surface area contributed by atoms with E-state index in [9.17, 15) is 14.4 Å². The minimum absolute atomic E-state index is 0. The molecule has 2 aromatic rings. The molecule has 3 aliphatic rings. The fraction of sp³-hybridized carbons (Fsp3) is 0.483. The molecule has 2 heterocycles. The number of fused-ring (bicyclic) bond motifs is 1. The molecule has 200 valence electrons. The number of piperidine rings is 1. The van der Waals surface area contributed by atoms with Crippen molar-refractivity contribution in [3.63, 3.8) is 0 Å². The van der Waals surface area contributed by atoms with Crippen LogP contribution in [-0.4, -0.2) is 45.4 Å². The number of benzene rings is 2. The second-order valence-electron chi connectivity index (χ2n) is 10.4. The Labute approximate surface area is 231 Å². The van der Waals surface area contributed by atoms with Crippen LogP contribution in [0, 0.1) is 0 Å². The van der Waals surface area contributed by atoms with Crippen molar-refractivity contribution in [3.8, 4) is 5.75 Å².